The normalized spacial score (nSPS) is 14.1. The fourth-order valence-corrected chi connectivity index (χ4v) is 3.25. The van der Waals surface area contributed by atoms with Crippen molar-refractivity contribution in [3.63, 3.8) is 0 Å². The smallest absolute Gasteiger partial charge is 0.327 e. The Balaban J connectivity index is 1.48. The number of hydrogen-bond donors (Lipinski definition) is 1. The first-order valence-electron chi connectivity index (χ1n) is 9.21. The van der Waals surface area contributed by atoms with Crippen molar-refractivity contribution in [3.8, 4) is 5.75 Å². The van der Waals surface area contributed by atoms with Crippen LogP contribution in [0.5, 0.6) is 5.75 Å². The zero-order valence-electron chi connectivity index (χ0n) is 15.9. The summed E-state index contributed by atoms with van der Waals surface area (Å²) < 4.78 is 7.49. The average molecular weight is 378 g/mol. The number of aryl methyl sites for hydroxylation is 1. The molecular formula is C20H22N6O2. The number of anilines is 2. The van der Waals surface area contributed by atoms with E-state index in [1.54, 1.807) is 23.5 Å². The van der Waals surface area contributed by atoms with E-state index in [9.17, 15) is 4.79 Å². The summed E-state index contributed by atoms with van der Waals surface area (Å²) in [6.07, 6.45) is 4.13. The van der Waals surface area contributed by atoms with Crippen LogP contribution in [-0.2, 0) is 13.5 Å². The first-order chi connectivity index (χ1) is 13.6. The molecule has 0 radical (unpaired) electrons. The first-order valence-corrected chi connectivity index (χ1v) is 9.21. The molecule has 8 nitrogen and oxygen atoms in total. The molecule has 8 heteroatoms. The summed E-state index contributed by atoms with van der Waals surface area (Å²) in [4.78, 5) is 18.7. The second-order valence-corrected chi connectivity index (χ2v) is 6.84. The number of carbonyl (C=O) groups is 1. The molecule has 1 aliphatic heterocycles. The summed E-state index contributed by atoms with van der Waals surface area (Å²) >= 11 is 0. The molecule has 28 heavy (non-hydrogen) atoms. The topological polar surface area (TPSA) is 85.2 Å². The lowest BCUT2D eigenvalue weighted by Crippen LogP contribution is -2.41. The molecule has 0 saturated heterocycles. The minimum Gasteiger partial charge on any atom is -0.488 e. The number of nitrogens with zero attached hydrogens (tertiary/aromatic N) is 5. The van der Waals surface area contributed by atoms with Gasteiger partial charge >= 0.3 is 6.03 Å². The Labute approximate surface area is 163 Å². The summed E-state index contributed by atoms with van der Waals surface area (Å²) in [5.41, 5.74) is 1.87. The second kappa shape index (κ2) is 7.67. The van der Waals surface area contributed by atoms with Gasteiger partial charge in [-0.15, -0.1) is 10.2 Å². The molecule has 2 aromatic heterocycles. The molecule has 1 atom stereocenters. The molecule has 0 fully saturated rings. The third kappa shape index (κ3) is 3.66. The number of urea groups is 1. The third-order valence-corrected chi connectivity index (χ3v) is 4.82. The molecule has 0 saturated carbocycles. The van der Waals surface area contributed by atoms with E-state index < -0.39 is 0 Å². The molecule has 3 heterocycles. The van der Waals surface area contributed by atoms with E-state index >= 15 is 0 Å². The maximum absolute atomic E-state index is 12.8. The number of fused-ring (bicyclic) bond motifs is 1. The van der Waals surface area contributed by atoms with Gasteiger partial charge in [0.2, 0.25) is 0 Å². The van der Waals surface area contributed by atoms with Crippen molar-refractivity contribution >= 4 is 17.5 Å². The van der Waals surface area contributed by atoms with Crippen molar-refractivity contribution in [3.05, 3.63) is 60.3 Å². The van der Waals surface area contributed by atoms with Crippen LogP contribution in [0, 0.1) is 0 Å². The van der Waals surface area contributed by atoms with E-state index in [0.717, 1.165) is 23.5 Å². The van der Waals surface area contributed by atoms with E-state index in [-0.39, 0.29) is 11.9 Å². The molecule has 3 aromatic rings. The van der Waals surface area contributed by atoms with Crippen LogP contribution >= 0.6 is 0 Å². The maximum Gasteiger partial charge on any atom is 0.327 e. The monoisotopic (exact) mass is 378 g/mol. The average Bonchev–Trinajstić information content (AvgIpc) is 3.12. The molecule has 1 N–H and O–H groups in total. The maximum atomic E-state index is 12.8. The SMILES string of the molecule is C[C@H](Cc1nncn1C)c1cccc(NC(=O)N2CCOc3cccnc32)c1. The highest BCUT2D eigenvalue weighted by Gasteiger charge is 2.25. The molecule has 4 rings (SSSR count). The number of ether oxygens (including phenoxy) is 1. The molecule has 0 bridgehead atoms. The van der Waals surface area contributed by atoms with Crippen LogP contribution in [0.25, 0.3) is 0 Å². The van der Waals surface area contributed by atoms with Gasteiger partial charge in [-0.3, -0.25) is 4.90 Å². The number of rotatable bonds is 4. The Hall–Kier alpha value is -3.42. The summed E-state index contributed by atoms with van der Waals surface area (Å²) in [5.74, 6) is 2.33. The Morgan fingerprint density at radius 3 is 3.04 bits per heavy atom. The molecule has 144 valence electrons. The van der Waals surface area contributed by atoms with Crippen LogP contribution in [0.3, 0.4) is 0 Å². The fourth-order valence-electron chi connectivity index (χ4n) is 3.25. The lowest BCUT2D eigenvalue weighted by atomic mass is 9.97. The van der Waals surface area contributed by atoms with E-state index in [1.807, 2.05) is 35.9 Å². The van der Waals surface area contributed by atoms with E-state index in [4.69, 9.17) is 4.74 Å². The fraction of sp³-hybridized carbons (Fsp3) is 0.300. The van der Waals surface area contributed by atoms with Gasteiger partial charge in [0.05, 0.1) is 6.54 Å². The number of benzene rings is 1. The molecular weight excluding hydrogens is 356 g/mol. The summed E-state index contributed by atoms with van der Waals surface area (Å²) in [6, 6.07) is 11.3. The van der Waals surface area contributed by atoms with Gasteiger partial charge in [0.25, 0.3) is 0 Å². The highest BCUT2D eigenvalue weighted by atomic mass is 16.5. The van der Waals surface area contributed by atoms with Crippen LogP contribution < -0.4 is 15.0 Å². The first kappa shape index (κ1) is 18.0. The van der Waals surface area contributed by atoms with Crippen LogP contribution in [0.15, 0.2) is 48.9 Å². The van der Waals surface area contributed by atoms with Crippen LogP contribution in [0.2, 0.25) is 0 Å². The predicted molar refractivity (Wildman–Crippen MR) is 106 cm³/mol. The number of pyridine rings is 1. The van der Waals surface area contributed by atoms with Crippen molar-refractivity contribution < 1.29 is 9.53 Å². The van der Waals surface area contributed by atoms with Gasteiger partial charge < -0.3 is 14.6 Å². The van der Waals surface area contributed by atoms with Crippen LogP contribution in [-0.4, -0.2) is 38.9 Å². The highest BCUT2D eigenvalue weighted by Crippen LogP contribution is 2.29. The van der Waals surface area contributed by atoms with Crippen molar-refractivity contribution in [1.82, 2.24) is 19.7 Å². The number of nitrogens with one attached hydrogen (secondary N) is 1. The van der Waals surface area contributed by atoms with E-state index in [1.165, 1.54) is 0 Å². The Kier molecular flexibility index (Phi) is 4.92. The summed E-state index contributed by atoms with van der Waals surface area (Å²) in [7, 11) is 1.94. The van der Waals surface area contributed by atoms with Crippen molar-refractivity contribution in [2.24, 2.45) is 7.05 Å². The molecule has 0 spiro atoms. The summed E-state index contributed by atoms with van der Waals surface area (Å²) in [5, 5.41) is 11.1. The molecule has 0 unspecified atom stereocenters. The third-order valence-electron chi connectivity index (χ3n) is 4.82. The minimum atomic E-state index is -0.221. The highest BCUT2D eigenvalue weighted by molar-refractivity contribution is 6.02. The van der Waals surface area contributed by atoms with Gasteiger partial charge in [-0.1, -0.05) is 19.1 Å². The number of carbonyl (C=O) groups excluding carboxylic acids is 1. The lowest BCUT2D eigenvalue weighted by molar-refractivity contribution is 0.249. The summed E-state index contributed by atoms with van der Waals surface area (Å²) in [6.45, 7) is 3.04. The van der Waals surface area contributed by atoms with Gasteiger partial charge in [0, 0.05) is 25.4 Å². The molecule has 1 aliphatic rings. The zero-order chi connectivity index (χ0) is 19.5. The minimum absolute atomic E-state index is 0.221. The van der Waals surface area contributed by atoms with Gasteiger partial charge in [-0.25, -0.2) is 9.78 Å². The van der Waals surface area contributed by atoms with Crippen LogP contribution in [0.4, 0.5) is 16.3 Å². The number of hydrogen-bond acceptors (Lipinski definition) is 5. The van der Waals surface area contributed by atoms with Gasteiger partial charge in [0.15, 0.2) is 11.6 Å². The van der Waals surface area contributed by atoms with Crippen molar-refractivity contribution in [2.45, 2.75) is 19.3 Å². The predicted octanol–water partition coefficient (Wildman–Crippen LogP) is 2.99. The Morgan fingerprint density at radius 1 is 1.32 bits per heavy atom. The Morgan fingerprint density at radius 2 is 2.21 bits per heavy atom. The molecule has 1 aromatic carbocycles. The van der Waals surface area contributed by atoms with Gasteiger partial charge in [0.1, 0.15) is 18.8 Å². The molecule has 2 amide bonds. The molecule has 0 aliphatic carbocycles. The lowest BCUT2D eigenvalue weighted by Gasteiger charge is -2.28. The van der Waals surface area contributed by atoms with E-state index in [2.05, 4.69) is 33.5 Å². The second-order valence-electron chi connectivity index (χ2n) is 6.84. The Bertz CT molecular complexity index is 986. The standard InChI is InChI=1S/C20H22N6O2/c1-14(11-18-24-22-13-25(18)2)15-5-3-6-16(12-15)23-20(27)26-9-10-28-17-7-4-8-21-19(17)26/h3-8,12-14H,9-11H2,1-2H3,(H,23,27)/t14-/m1/s1. The van der Waals surface area contributed by atoms with Crippen molar-refractivity contribution in [1.29, 1.82) is 0 Å². The van der Waals surface area contributed by atoms with E-state index in [0.29, 0.717) is 24.7 Å². The number of aromatic nitrogens is 4. The van der Waals surface area contributed by atoms with Crippen molar-refractivity contribution in [2.75, 3.05) is 23.4 Å². The van der Waals surface area contributed by atoms with Gasteiger partial charge in [-0.05, 0) is 35.7 Å². The largest absolute Gasteiger partial charge is 0.488 e. The zero-order valence-corrected chi connectivity index (χ0v) is 15.9. The van der Waals surface area contributed by atoms with Gasteiger partial charge in [-0.2, -0.15) is 0 Å². The quantitative estimate of drug-likeness (QED) is 0.754. The van der Waals surface area contributed by atoms with Crippen LogP contribution in [0.1, 0.15) is 24.2 Å². The number of amides is 2.